The van der Waals surface area contributed by atoms with Crippen LogP contribution >= 0.6 is 0 Å². The van der Waals surface area contributed by atoms with E-state index < -0.39 is 0 Å². The van der Waals surface area contributed by atoms with Crippen molar-refractivity contribution in [1.82, 2.24) is 0 Å². The molecule has 26 heavy (non-hydrogen) atoms. The van der Waals surface area contributed by atoms with Crippen molar-refractivity contribution in [1.29, 1.82) is 0 Å². The molecule has 0 aliphatic carbocycles. The molecule has 0 unspecified atom stereocenters. The van der Waals surface area contributed by atoms with Crippen LogP contribution in [0.25, 0.3) is 0 Å². The van der Waals surface area contributed by atoms with Gasteiger partial charge in [-0.05, 0) is 29.8 Å². The average Bonchev–Trinajstić information content (AvgIpc) is 2.65. The van der Waals surface area contributed by atoms with Gasteiger partial charge >= 0.3 is 0 Å². The van der Waals surface area contributed by atoms with Gasteiger partial charge in [0.25, 0.3) is 0 Å². The molecule has 0 heterocycles. The van der Waals surface area contributed by atoms with Gasteiger partial charge in [-0.3, -0.25) is 4.79 Å². The molecule has 0 spiro atoms. The molecule has 0 aromatic heterocycles. The molecule has 7 nitrogen and oxygen atoms in total. The number of amides is 1. The van der Waals surface area contributed by atoms with Gasteiger partial charge in [0, 0.05) is 19.5 Å². The van der Waals surface area contributed by atoms with Gasteiger partial charge in [-0.25, -0.2) is 0 Å². The van der Waals surface area contributed by atoms with E-state index in [1.807, 2.05) is 18.2 Å². The van der Waals surface area contributed by atoms with Crippen LogP contribution in [0.4, 0.5) is 11.4 Å². The third kappa shape index (κ3) is 4.50. The Morgan fingerprint density at radius 2 is 1.54 bits per heavy atom. The molecule has 0 saturated carbocycles. The Hall–Kier alpha value is -3.09. The Morgan fingerprint density at radius 1 is 0.885 bits per heavy atom. The molecule has 140 valence electrons. The second-order valence-corrected chi connectivity index (χ2v) is 5.48. The first-order valence-corrected chi connectivity index (χ1v) is 8.00. The standard InChI is InChI=1S/C19H24N2O5/c1-12(22)21-15-7-6-14(23-2)10-16(15)20-11-13-8-17(24-3)19(26-5)18(9-13)25-4/h6-10,20H,11H2,1-5H3,(H,21,22). The lowest BCUT2D eigenvalue weighted by molar-refractivity contribution is -0.114. The fourth-order valence-corrected chi connectivity index (χ4v) is 2.53. The number of nitrogens with one attached hydrogen (secondary N) is 2. The summed E-state index contributed by atoms with van der Waals surface area (Å²) in [6.45, 7) is 1.95. The number of hydrogen-bond donors (Lipinski definition) is 2. The van der Waals surface area contributed by atoms with Crippen molar-refractivity contribution in [2.45, 2.75) is 13.5 Å². The number of methoxy groups -OCH3 is 4. The minimum atomic E-state index is -0.147. The lowest BCUT2D eigenvalue weighted by atomic mass is 10.1. The Bertz CT molecular complexity index is 752. The van der Waals surface area contributed by atoms with Crippen LogP contribution in [-0.4, -0.2) is 34.3 Å². The fourth-order valence-electron chi connectivity index (χ4n) is 2.53. The lowest BCUT2D eigenvalue weighted by Crippen LogP contribution is -2.10. The van der Waals surface area contributed by atoms with E-state index in [9.17, 15) is 4.79 Å². The van der Waals surface area contributed by atoms with Gasteiger partial charge in [0.05, 0.1) is 39.8 Å². The predicted molar refractivity (Wildman–Crippen MR) is 101 cm³/mol. The van der Waals surface area contributed by atoms with Crippen molar-refractivity contribution in [2.24, 2.45) is 0 Å². The third-order valence-corrected chi connectivity index (χ3v) is 3.74. The molecule has 0 fully saturated rings. The number of ether oxygens (including phenoxy) is 4. The molecule has 0 saturated heterocycles. The highest BCUT2D eigenvalue weighted by Gasteiger charge is 2.13. The fraction of sp³-hybridized carbons (Fsp3) is 0.316. The largest absolute Gasteiger partial charge is 0.497 e. The van der Waals surface area contributed by atoms with Gasteiger partial charge < -0.3 is 29.6 Å². The quantitative estimate of drug-likeness (QED) is 0.752. The lowest BCUT2D eigenvalue weighted by Gasteiger charge is -2.16. The zero-order chi connectivity index (χ0) is 19.1. The van der Waals surface area contributed by atoms with Crippen LogP contribution in [0.3, 0.4) is 0 Å². The van der Waals surface area contributed by atoms with Crippen LogP contribution in [0.5, 0.6) is 23.0 Å². The summed E-state index contributed by atoms with van der Waals surface area (Å²) in [4.78, 5) is 11.4. The molecule has 2 aromatic rings. The molecule has 0 aliphatic heterocycles. The molecule has 0 atom stereocenters. The first-order chi connectivity index (χ1) is 12.5. The average molecular weight is 360 g/mol. The minimum absolute atomic E-state index is 0.147. The van der Waals surface area contributed by atoms with Crippen molar-refractivity contribution in [2.75, 3.05) is 39.1 Å². The molecule has 0 bridgehead atoms. The zero-order valence-corrected chi connectivity index (χ0v) is 15.6. The predicted octanol–water partition coefficient (Wildman–Crippen LogP) is 3.29. The summed E-state index contributed by atoms with van der Waals surface area (Å²) in [5.74, 6) is 2.24. The molecule has 7 heteroatoms. The van der Waals surface area contributed by atoms with Crippen molar-refractivity contribution >= 4 is 17.3 Å². The van der Waals surface area contributed by atoms with Gasteiger partial charge in [-0.2, -0.15) is 0 Å². The van der Waals surface area contributed by atoms with E-state index in [1.165, 1.54) is 6.92 Å². The summed E-state index contributed by atoms with van der Waals surface area (Å²) >= 11 is 0. The van der Waals surface area contributed by atoms with Crippen LogP contribution in [0.15, 0.2) is 30.3 Å². The second-order valence-electron chi connectivity index (χ2n) is 5.48. The summed E-state index contributed by atoms with van der Waals surface area (Å²) in [7, 11) is 6.31. The van der Waals surface area contributed by atoms with Crippen molar-refractivity contribution < 1.29 is 23.7 Å². The Labute approximate surface area is 153 Å². The summed E-state index contributed by atoms with van der Waals surface area (Å²) in [5, 5.41) is 6.10. The Morgan fingerprint density at radius 3 is 2.04 bits per heavy atom. The minimum Gasteiger partial charge on any atom is -0.497 e. The van der Waals surface area contributed by atoms with Crippen molar-refractivity contribution in [3.63, 3.8) is 0 Å². The maximum absolute atomic E-state index is 11.4. The van der Waals surface area contributed by atoms with Crippen LogP contribution in [-0.2, 0) is 11.3 Å². The Balaban J connectivity index is 2.29. The number of hydrogen-bond acceptors (Lipinski definition) is 6. The van der Waals surface area contributed by atoms with E-state index in [-0.39, 0.29) is 5.91 Å². The second kappa shape index (κ2) is 8.84. The van der Waals surface area contributed by atoms with Gasteiger partial charge in [-0.1, -0.05) is 0 Å². The number of carbonyl (C=O) groups is 1. The van der Waals surface area contributed by atoms with E-state index >= 15 is 0 Å². The smallest absolute Gasteiger partial charge is 0.221 e. The van der Waals surface area contributed by atoms with Crippen LogP contribution in [0, 0.1) is 0 Å². The van der Waals surface area contributed by atoms with E-state index in [2.05, 4.69) is 10.6 Å². The molecule has 0 radical (unpaired) electrons. The molecule has 1 amide bonds. The number of carbonyl (C=O) groups excluding carboxylic acids is 1. The molecule has 2 aromatic carbocycles. The van der Waals surface area contributed by atoms with Crippen molar-refractivity contribution in [3.05, 3.63) is 35.9 Å². The van der Waals surface area contributed by atoms with E-state index in [1.54, 1.807) is 40.6 Å². The van der Waals surface area contributed by atoms with E-state index in [0.29, 0.717) is 35.2 Å². The molecule has 2 N–H and O–H groups in total. The maximum Gasteiger partial charge on any atom is 0.221 e. The zero-order valence-electron chi connectivity index (χ0n) is 15.6. The molecular formula is C19H24N2O5. The number of anilines is 2. The molecule has 2 rings (SSSR count). The first kappa shape index (κ1) is 19.2. The normalized spacial score (nSPS) is 10.0. The monoisotopic (exact) mass is 360 g/mol. The van der Waals surface area contributed by atoms with Crippen LogP contribution < -0.4 is 29.6 Å². The van der Waals surface area contributed by atoms with Gasteiger partial charge in [-0.15, -0.1) is 0 Å². The first-order valence-electron chi connectivity index (χ1n) is 8.00. The van der Waals surface area contributed by atoms with E-state index in [4.69, 9.17) is 18.9 Å². The maximum atomic E-state index is 11.4. The van der Waals surface area contributed by atoms with Crippen LogP contribution in [0.1, 0.15) is 12.5 Å². The summed E-state index contributed by atoms with van der Waals surface area (Å²) < 4.78 is 21.3. The molecular weight excluding hydrogens is 336 g/mol. The van der Waals surface area contributed by atoms with Gasteiger partial charge in [0.15, 0.2) is 11.5 Å². The summed E-state index contributed by atoms with van der Waals surface area (Å²) in [6.07, 6.45) is 0. The third-order valence-electron chi connectivity index (χ3n) is 3.74. The highest BCUT2D eigenvalue weighted by atomic mass is 16.5. The number of rotatable bonds is 8. The number of benzene rings is 2. The Kier molecular flexibility index (Phi) is 6.54. The molecule has 0 aliphatic rings. The van der Waals surface area contributed by atoms with Gasteiger partial charge in [0.1, 0.15) is 5.75 Å². The van der Waals surface area contributed by atoms with E-state index in [0.717, 1.165) is 11.3 Å². The highest BCUT2D eigenvalue weighted by Crippen LogP contribution is 2.38. The van der Waals surface area contributed by atoms with Gasteiger partial charge in [0.2, 0.25) is 11.7 Å². The summed E-state index contributed by atoms with van der Waals surface area (Å²) in [6, 6.07) is 9.14. The summed E-state index contributed by atoms with van der Waals surface area (Å²) in [5.41, 5.74) is 2.34. The SMILES string of the molecule is COc1ccc(NC(C)=O)c(NCc2cc(OC)c(OC)c(OC)c2)c1. The van der Waals surface area contributed by atoms with Crippen molar-refractivity contribution in [3.8, 4) is 23.0 Å². The topological polar surface area (TPSA) is 78.1 Å². The highest BCUT2D eigenvalue weighted by molar-refractivity contribution is 5.92. The van der Waals surface area contributed by atoms with Crippen LogP contribution in [0.2, 0.25) is 0 Å².